The van der Waals surface area contributed by atoms with Gasteiger partial charge in [-0.1, -0.05) is 26.0 Å². The van der Waals surface area contributed by atoms with Crippen molar-refractivity contribution in [2.75, 3.05) is 13.2 Å². The van der Waals surface area contributed by atoms with Crippen molar-refractivity contribution in [2.24, 2.45) is 0 Å². The standard InChI is InChI=1S/C17H24N2O4/c1-11(2)13-7-6-12(3)9-15(13)23-10-16(20)18-19-17(21)14-5-4-8-22-14/h6-7,9,11,14H,4-5,8,10H2,1-3H3,(H,18,20)(H,19,21). The van der Waals surface area contributed by atoms with Gasteiger partial charge >= 0.3 is 0 Å². The summed E-state index contributed by atoms with van der Waals surface area (Å²) in [6.07, 6.45) is 1.07. The number of amides is 2. The van der Waals surface area contributed by atoms with E-state index in [9.17, 15) is 9.59 Å². The molecule has 0 aliphatic carbocycles. The van der Waals surface area contributed by atoms with Gasteiger partial charge in [0.1, 0.15) is 11.9 Å². The molecule has 1 aliphatic heterocycles. The van der Waals surface area contributed by atoms with Gasteiger partial charge in [-0.25, -0.2) is 0 Å². The van der Waals surface area contributed by atoms with E-state index in [-0.39, 0.29) is 12.5 Å². The molecule has 1 heterocycles. The van der Waals surface area contributed by atoms with Gasteiger partial charge in [0.25, 0.3) is 11.8 Å². The van der Waals surface area contributed by atoms with Crippen molar-refractivity contribution in [3.63, 3.8) is 0 Å². The van der Waals surface area contributed by atoms with Crippen LogP contribution in [0.15, 0.2) is 18.2 Å². The van der Waals surface area contributed by atoms with E-state index >= 15 is 0 Å². The SMILES string of the molecule is Cc1ccc(C(C)C)c(OCC(=O)NNC(=O)C2CCCO2)c1. The van der Waals surface area contributed by atoms with Gasteiger partial charge in [0.05, 0.1) is 0 Å². The van der Waals surface area contributed by atoms with Gasteiger partial charge in [-0.2, -0.15) is 0 Å². The highest BCUT2D eigenvalue weighted by atomic mass is 16.5. The molecule has 23 heavy (non-hydrogen) atoms. The monoisotopic (exact) mass is 320 g/mol. The van der Waals surface area contributed by atoms with Crippen LogP contribution in [0.25, 0.3) is 0 Å². The maximum Gasteiger partial charge on any atom is 0.276 e. The lowest BCUT2D eigenvalue weighted by atomic mass is 10.0. The third-order valence-electron chi connectivity index (χ3n) is 3.70. The van der Waals surface area contributed by atoms with Gasteiger partial charge in [-0.15, -0.1) is 0 Å². The molecule has 1 fully saturated rings. The first-order valence-corrected chi connectivity index (χ1v) is 7.91. The Morgan fingerprint density at radius 1 is 1.35 bits per heavy atom. The van der Waals surface area contributed by atoms with E-state index < -0.39 is 12.0 Å². The summed E-state index contributed by atoms with van der Waals surface area (Å²) in [6, 6.07) is 5.93. The Hall–Kier alpha value is -2.08. The van der Waals surface area contributed by atoms with E-state index in [2.05, 4.69) is 24.7 Å². The summed E-state index contributed by atoms with van der Waals surface area (Å²) >= 11 is 0. The second-order valence-electron chi connectivity index (χ2n) is 6.02. The summed E-state index contributed by atoms with van der Waals surface area (Å²) in [5, 5.41) is 0. The van der Waals surface area contributed by atoms with Gasteiger partial charge < -0.3 is 9.47 Å². The highest BCUT2D eigenvalue weighted by Crippen LogP contribution is 2.27. The predicted octanol–water partition coefficient (Wildman–Crippen LogP) is 1.82. The second-order valence-corrected chi connectivity index (χ2v) is 6.02. The van der Waals surface area contributed by atoms with Crippen molar-refractivity contribution in [1.29, 1.82) is 0 Å². The molecule has 2 rings (SSSR count). The fourth-order valence-corrected chi connectivity index (χ4v) is 2.42. The summed E-state index contributed by atoms with van der Waals surface area (Å²) in [5.41, 5.74) is 6.83. The molecule has 1 unspecified atom stereocenters. The summed E-state index contributed by atoms with van der Waals surface area (Å²) < 4.78 is 10.8. The molecule has 0 aromatic heterocycles. The number of hydrazine groups is 1. The molecule has 1 aromatic rings. The topological polar surface area (TPSA) is 76.7 Å². The number of aryl methyl sites for hydroxylation is 1. The van der Waals surface area contributed by atoms with Crippen LogP contribution in [0.2, 0.25) is 0 Å². The van der Waals surface area contributed by atoms with E-state index in [0.29, 0.717) is 24.7 Å². The Balaban J connectivity index is 1.82. The molecule has 0 radical (unpaired) electrons. The number of rotatable bonds is 5. The third-order valence-corrected chi connectivity index (χ3v) is 3.70. The molecular weight excluding hydrogens is 296 g/mol. The van der Waals surface area contributed by atoms with Crippen LogP contribution in [0.3, 0.4) is 0 Å². The van der Waals surface area contributed by atoms with E-state index in [1.54, 1.807) is 0 Å². The number of carbonyl (C=O) groups excluding carboxylic acids is 2. The smallest absolute Gasteiger partial charge is 0.276 e. The van der Waals surface area contributed by atoms with Gasteiger partial charge in [0, 0.05) is 6.61 Å². The predicted molar refractivity (Wildman–Crippen MR) is 86.0 cm³/mol. The quantitative estimate of drug-likeness (QED) is 0.812. The maximum atomic E-state index is 11.8. The summed E-state index contributed by atoms with van der Waals surface area (Å²) in [4.78, 5) is 23.5. The zero-order valence-corrected chi connectivity index (χ0v) is 13.8. The number of benzene rings is 1. The van der Waals surface area contributed by atoms with E-state index in [1.165, 1.54) is 0 Å². The summed E-state index contributed by atoms with van der Waals surface area (Å²) in [6.45, 7) is 6.53. The number of nitrogens with one attached hydrogen (secondary N) is 2. The van der Waals surface area contributed by atoms with E-state index in [0.717, 1.165) is 17.5 Å². The highest BCUT2D eigenvalue weighted by molar-refractivity contribution is 5.85. The lowest BCUT2D eigenvalue weighted by Crippen LogP contribution is -2.47. The van der Waals surface area contributed by atoms with Gasteiger partial charge in [0.2, 0.25) is 0 Å². The average molecular weight is 320 g/mol. The second kappa shape index (κ2) is 7.97. The van der Waals surface area contributed by atoms with Gasteiger partial charge in [0.15, 0.2) is 6.61 Å². The van der Waals surface area contributed by atoms with Crippen LogP contribution in [-0.4, -0.2) is 31.1 Å². The minimum Gasteiger partial charge on any atom is -0.483 e. The molecule has 1 aromatic carbocycles. The van der Waals surface area contributed by atoms with E-state index in [4.69, 9.17) is 9.47 Å². The minimum absolute atomic E-state index is 0.158. The van der Waals surface area contributed by atoms with Crippen molar-refractivity contribution in [3.8, 4) is 5.75 Å². The first kappa shape index (κ1) is 17.3. The Kier molecular flexibility index (Phi) is 5.98. The lowest BCUT2D eigenvalue weighted by molar-refractivity contribution is -0.135. The summed E-state index contributed by atoms with van der Waals surface area (Å²) in [5.74, 6) is 0.260. The van der Waals surface area contributed by atoms with Gasteiger partial charge in [-0.05, 0) is 42.9 Å². The number of carbonyl (C=O) groups is 2. The molecule has 6 nitrogen and oxygen atoms in total. The molecular formula is C17H24N2O4. The van der Waals surface area contributed by atoms with Crippen molar-refractivity contribution in [3.05, 3.63) is 29.3 Å². The number of hydrogen-bond donors (Lipinski definition) is 2. The van der Waals surface area contributed by atoms with Crippen molar-refractivity contribution < 1.29 is 19.1 Å². The molecule has 2 amide bonds. The zero-order chi connectivity index (χ0) is 16.8. The lowest BCUT2D eigenvalue weighted by Gasteiger charge is -2.15. The maximum absolute atomic E-state index is 11.8. The average Bonchev–Trinajstić information content (AvgIpc) is 3.04. The number of ether oxygens (including phenoxy) is 2. The molecule has 2 N–H and O–H groups in total. The van der Waals surface area contributed by atoms with Crippen LogP contribution in [0.5, 0.6) is 5.75 Å². The van der Waals surface area contributed by atoms with Crippen molar-refractivity contribution in [2.45, 2.75) is 45.6 Å². The molecule has 1 aliphatic rings. The molecule has 1 saturated heterocycles. The molecule has 1 atom stereocenters. The minimum atomic E-state index is -0.472. The van der Waals surface area contributed by atoms with Crippen LogP contribution in [0, 0.1) is 6.92 Å². The molecule has 0 saturated carbocycles. The normalized spacial score (nSPS) is 17.1. The summed E-state index contributed by atoms with van der Waals surface area (Å²) in [7, 11) is 0. The highest BCUT2D eigenvalue weighted by Gasteiger charge is 2.23. The van der Waals surface area contributed by atoms with E-state index in [1.807, 2.05) is 25.1 Å². The zero-order valence-electron chi connectivity index (χ0n) is 13.8. The molecule has 126 valence electrons. The van der Waals surface area contributed by atoms with Crippen LogP contribution in [0.4, 0.5) is 0 Å². The van der Waals surface area contributed by atoms with Crippen LogP contribution < -0.4 is 15.6 Å². The largest absolute Gasteiger partial charge is 0.483 e. The third kappa shape index (κ3) is 4.96. The molecule has 0 spiro atoms. The van der Waals surface area contributed by atoms with Crippen molar-refractivity contribution in [1.82, 2.24) is 10.9 Å². The van der Waals surface area contributed by atoms with Crippen molar-refractivity contribution >= 4 is 11.8 Å². The Bertz CT molecular complexity index is 566. The molecule has 6 heteroatoms. The first-order chi connectivity index (χ1) is 11.0. The Morgan fingerprint density at radius 2 is 2.13 bits per heavy atom. The van der Waals surface area contributed by atoms with Crippen LogP contribution in [0.1, 0.15) is 43.7 Å². The number of hydrogen-bond acceptors (Lipinski definition) is 4. The Morgan fingerprint density at radius 3 is 2.78 bits per heavy atom. The fourth-order valence-electron chi connectivity index (χ4n) is 2.42. The van der Waals surface area contributed by atoms with Crippen LogP contribution in [-0.2, 0) is 14.3 Å². The Labute approximate surface area is 136 Å². The van der Waals surface area contributed by atoms with Crippen LogP contribution >= 0.6 is 0 Å². The molecule has 0 bridgehead atoms. The van der Waals surface area contributed by atoms with Gasteiger partial charge in [-0.3, -0.25) is 20.4 Å². The fraction of sp³-hybridized carbons (Fsp3) is 0.529. The first-order valence-electron chi connectivity index (χ1n) is 7.91.